The lowest BCUT2D eigenvalue weighted by molar-refractivity contribution is -0.323. The molecule has 76 valence electrons. The van der Waals surface area contributed by atoms with Gasteiger partial charge in [0.25, 0.3) is 0 Å². The Hall–Kier alpha value is -0.750. The van der Waals surface area contributed by atoms with Crippen molar-refractivity contribution in [1.82, 2.24) is 0 Å². The van der Waals surface area contributed by atoms with Gasteiger partial charge in [0.1, 0.15) is 0 Å². The molecule has 1 rings (SSSR count). The average molecular weight is 261 g/mol. The van der Waals surface area contributed by atoms with E-state index in [1.807, 2.05) is 0 Å². The molecule has 0 fully saturated rings. The minimum absolute atomic E-state index is 0.0800. The highest BCUT2D eigenvalue weighted by atomic mass is 79.9. The highest BCUT2D eigenvalue weighted by molar-refractivity contribution is 9.09. The molecule has 0 aliphatic rings. The second-order valence-corrected chi connectivity index (χ2v) is 3.33. The van der Waals surface area contributed by atoms with Crippen LogP contribution < -0.4 is 0 Å². The number of hydrogen-bond donors (Lipinski definition) is 3. The maximum atomic E-state index is 11.1. The molecule has 0 amide bonds. The third-order valence-corrected chi connectivity index (χ3v) is 2.22. The van der Waals surface area contributed by atoms with E-state index in [1.165, 1.54) is 24.3 Å². The van der Waals surface area contributed by atoms with Gasteiger partial charge in [0, 0.05) is 11.1 Å². The predicted molar refractivity (Wildman–Crippen MR) is 52.9 cm³/mol. The molecule has 0 aliphatic carbocycles. The molecular weight excluding hydrogens is 252 g/mol. The normalized spacial score (nSPS) is 11.4. The Morgan fingerprint density at radius 1 is 1.21 bits per heavy atom. The van der Waals surface area contributed by atoms with E-state index in [9.17, 15) is 4.79 Å². The molecule has 0 bridgehead atoms. The first-order chi connectivity index (χ1) is 6.45. The van der Waals surface area contributed by atoms with E-state index < -0.39 is 5.97 Å². The number of carbonyl (C=O) groups is 1. The van der Waals surface area contributed by atoms with Crippen LogP contribution in [0.2, 0.25) is 0 Å². The fraction of sp³-hybridized carbons (Fsp3) is 0.222. The Kier molecular flexibility index (Phi) is 3.38. The molecule has 0 saturated heterocycles. The van der Waals surface area contributed by atoms with Crippen molar-refractivity contribution in [2.45, 2.75) is 5.97 Å². The van der Waals surface area contributed by atoms with E-state index in [4.69, 9.17) is 15.3 Å². The van der Waals surface area contributed by atoms with Gasteiger partial charge in [-0.25, -0.2) is 0 Å². The number of Topliss-reactive ketones (excluding diaryl/α,β-unsaturated/α-hetero) is 1. The van der Waals surface area contributed by atoms with Crippen LogP contribution in [0.15, 0.2) is 24.3 Å². The second-order valence-electron chi connectivity index (χ2n) is 2.77. The van der Waals surface area contributed by atoms with Crippen molar-refractivity contribution < 1.29 is 20.1 Å². The van der Waals surface area contributed by atoms with Gasteiger partial charge in [0.05, 0.1) is 5.33 Å². The molecule has 5 heteroatoms. The maximum Gasteiger partial charge on any atom is 0.304 e. The number of hydrogen-bond acceptors (Lipinski definition) is 4. The smallest absolute Gasteiger partial charge is 0.304 e. The van der Waals surface area contributed by atoms with Crippen molar-refractivity contribution in [1.29, 1.82) is 0 Å². The quantitative estimate of drug-likeness (QED) is 0.417. The molecule has 1 aromatic carbocycles. The van der Waals surface area contributed by atoms with Crippen LogP contribution >= 0.6 is 15.9 Å². The predicted octanol–water partition coefficient (Wildman–Crippen LogP) is 0.351. The highest BCUT2D eigenvalue weighted by Crippen LogP contribution is 2.15. The van der Waals surface area contributed by atoms with E-state index in [0.717, 1.165) is 0 Å². The molecule has 4 nitrogen and oxygen atoms in total. The summed E-state index contributed by atoms with van der Waals surface area (Å²) in [7, 11) is 0. The first-order valence-electron chi connectivity index (χ1n) is 3.82. The van der Waals surface area contributed by atoms with Crippen molar-refractivity contribution in [3.8, 4) is 0 Å². The molecule has 0 saturated carbocycles. The lowest BCUT2D eigenvalue weighted by atomic mass is 10.1. The minimum atomic E-state index is -2.85. The fourth-order valence-electron chi connectivity index (χ4n) is 0.957. The van der Waals surface area contributed by atoms with Gasteiger partial charge in [-0.15, -0.1) is 0 Å². The van der Waals surface area contributed by atoms with Gasteiger partial charge in [0.15, 0.2) is 5.78 Å². The van der Waals surface area contributed by atoms with Gasteiger partial charge < -0.3 is 15.3 Å². The summed E-state index contributed by atoms with van der Waals surface area (Å²) in [5, 5.41) is 26.6. The van der Waals surface area contributed by atoms with E-state index in [-0.39, 0.29) is 16.7 Å². The molecule has 0 radical (unpaired) electrons. The third kappa shape index (κ3) is 2.62. The monoisotopic (exact) mass is 260 g/mol. The van der Waals surface area contributed by atoms with E-state index in [1.54, 1.807) is 0 Å². The van der Waals surface area contributed by atoms with Crippen LogP contribution in [0.5, 0.6) is 0 Å². The molecule has 0 aliphatic heterocycles. The van der Waals surface area contributed by atoms with E-state index in [0.29, 0.717) is 5.56 Å². The Morgan fingerprint density at radius 3 is 2.07 bits per heavy atom. The summed E-state index contributed by atoms with van der Waals surface area (Å²) >= 11 is 3.01. The number of benzene rings is 1. The van der Waals surface area contributed by atoms with Crippen molar-refractivity contribution in [3.63, 3.8) is 0 Å². The summed E-state index contributed by atoms with van der Waals surface area (Å²) in [4.78, 5) is 11.1. The first-order valence-corrected chi connectivity index (χ1v) is 4.94. The lowest BCUT2D eigenvalue weighted by Gasteiger charge is -2.13. The zero-order chi connectivity index (χ0) is 10.8. The number of halogens is 1. The average Bonchev–Trinajstić information content (AvgIpc) is 2.15. The second kappa shape index (κ2) is 4.18. The number of aliphatic hydroxyl groups is 3. The standard InChI is InChI=1S/C9H9BrO4/c10-5-8(11)6-1-3-7(4-2-6)9(12,13)14/h1-4,12-14H,5H2. The summed E-state index contributed by atoms with van der Waals surface area (Å²) in [6.07, 6.45) is 0. The summed E-state index contributed by atoms with van der Waals surface area (Å²) in [5.74, 6) is -2.97. The van der Waals surface area contributed by atoms with Crippen LogP contribution in [0.3, 0.4) is 0 Å². The SMILES string of the molecule is O=C(CBr)c1ccc(C(O)(O)O)cc1. The molecule has 0 aromatic heterocycles. The number of carbonyl (C=O) groups excluding carboxylic acids is 1. The van der Waals surface area contributed by atoms with E-state index in [2.05, 4.69) is 15.9 Å². The van der Waals surface area contributed by atoms with Gasteiger partial charge in [-0.05, 0) is 0 Å². The van der Waals surface area contributed by atoms with Crippen LogP contribution in [0.1, 0.15) is 15.9 Å². The number of ketones is 1. The van der Waals surface area contributed by atoms with Crippen molar-refractivity contribution >= 4 is 21.7 Å². The molecule has 3 N–H and O–H groups in total. The summed E-state index contributed by atoms with van der Waals surface area (Å²) in [6, 6.07) is 5.37. The maximum absolute atomic E-state index is 11.1. The fourth-order valence-corrected chi connectivity index (χ4v) is 1.28. The van der Waals surface area contributed by atoms with Gasteiger partial charge in [0.2, 0.25) is 0 Å². The Morgan fingerprint density at radius 2 is 1.71 bits per heavy atom. The minimum Gasteiger partial charge on any atom is -0.340 e. The van der Waals surface area contributed by atoms with Gasteiger partial charge in [-0.2, -0.15) is 0 Å². The van der Waals surface area contributed by atoms with Crippen molar-refractivity contribution in [3.05, 3.63) is 35.4 Å². The van der Waals surface area contributed by atoms with Crippen LogP contribution in [0.25, 0.3) is 0 Å². The van der Waals surface area contributed by atoms with Crippen LogP contribution in [0, 0.1) is 0 Å². The number of alkyl halides is 1. The molecular formula is C9H9BrO4. The molecule has 0 atom stereocenters. The van der Waals surface area contributed by atoms with Crippen molar-refractivity contribution in [2.75, 3.05) is 5.33 Å². The van der Waals surface area contributed by atoms with Crippen LogP contribution in [0.4, 0.5) is 0 Å². The topological polar surface area (TPSA) is 77.8 Å². The van der Waals surface area contributed by atoms with Crippen LogP contribution in [-0.2, 0) is 5.97 Å². The van der Waals surface area contributed by atoms with Gasteiger partial charge in [-0.1, -0.05) is 40.2 Å². The molecule has 0 heterocycles. The Balaban J connectivity index is 2.95. The first kappa shape index (κ1) is 11.3. The highest BCUT2D eigenvalue weighted by Gasteiger charge is 2.21. The summed E-state index contributed by atoms with van der Waals surface area (Å²) in [5.41, 5.74) is 0.360. The molecule has 14 heavy (non-hydrogen) atoms. The third-order valence-electron chi connectivity index (χ3n) is 1.72. The number of rotatable bonds is 3. The lowest BCUT2D eigenvalue weighted by Crippen LogP contribution is -2.23. The van der Waals surface area contributed by atoms with Crippen molar-refractivity contribution in [2.24, 2.45) is 0 Å². The zero-order valence-electron chi connectivity index (χ0n) is 7.14. The van der Waals surface area contributed by atoms with Gasteiger partial charge >= 0.3 is 5.97 Å². The molecule has 0 spiro atoms. The van der Waals surface area contributed by atoms with Crippen LogP contribution in [-0.4, -0.2) is 26.4 Å². The summed E-state index contributed by atoms with van der Waals surface area (Å²) < 4.78 is 0. The Labute approximate surface area is 88.9 Å². The largest absolute Gasteiger partial charge is 0.340 e. The van der Waals surface area contributed by atoms with Gasteiger partial charge in [-0.3, -0.25) is 4.79 Å². The zero-order valence-corrected chi connectivity index (χ0v) is 8.73. The molecule has 0 unspecified atom stereocenters. The van der Waals surface area contributed by atoms with E-state index >= 15 is 0 Å². The Bertz CT molecular complexity index is 326. The molecule has 1 aromatic rings. The summed E-state index contributed by atoms with van der Waals surface area (Å²) in [6.45, 7) is 0.